The van der Waals surface area contributed by atoms with E-state index in [0.717, 1.165) is 5.56 Å². The lowest BCUT2D eigenvalue weighted by molar-refractivity contribution is -0.120. The number of nitrogens with zero attached hydrogens (tertiary/aromatic N) is 2. The maximum absolute atomic E-state index is 12.4. The van der Waals surface area contributed by atoms with Crippen molar-refractivity contribution in [3.63, 3.8) is 0 Å². The average molecular weight is 304 g/mol. The summed E-state index contributed by atoms with van der Waals surface area (Å²) in [5.74, 6) is -0.0757. The lowest BCUT2D eigenvalue weighted by Crippen LogP contribution is -2.47. The third kappa shape index (κ3) is 3.65. The second kappa shape index (κ2) is 6.32. The highest BCUT2D eigenvalue weighted by atomic mass is 32.1. The molecule has 1 amide bonds. The number of rotatable bonds is 4. The number of carbonyl (C=O) groups excluding carboxylic acids is 1. The number of amides is 1. The first-order valence-electron chi connectivity index (χ1n) is 6.79. The number of aromatic nitrogens is 2. The summed E-state index contributed by atoms with van der Waals surface area (Å²) in [7, 11) is 1.79. The molecule has 0 saturated carbocycles. The van der Waals surface area contributed by atoms with Gasteiger partial charge in [0.05, 0.1) is 6.04 Å². The highest BCUT2D eigenvalue weighted by molar-refractivity contribution is 7.10. The highest BCUT2D eigenvalue weighted by Gasteiger charge is 2.30. The summed E-state index contributed by atoms with van der Waals surface area (Å²) in [6.45, 7) is 6.07. The van der Waals surface area contributed by atoms with Crippen LogP contribution in [-0.2, 0) is 4.79 Å². The number of likely N-dealkylation sites (N-methyl/N-ethyl adjacent to an activating group) is 1. The third-order valence-corrected chi connectivity index (χ3v) is 3.83. The summed E-state index contributed by atoms with van der Waals surface area (Å²) in [5.41, 5.74) is 1.47. The Balaban J connectivity index is 2.22. The summed E-state index contributed by atoms with van der Waals surface area (Å²) in [5, 5.41) is 10.8. The van der Waals surface area contributed by atoms with Crippen LogP contribution in [0.5, 0.6) is 0 Å². The van der Waals surface area contributed by atoms with E-state index < -0.39 is 0 Å². The molecule has 0 spiro atoms. The van der Waals surface area contributed by atoms with Gasteiger partial charge in [-0.1, -0.05) is 55.6 Å². The van der Waals surface area contributed by atoms with E-state index in [2.05, 4.69) is 20.2 Å². The number of nitrogens with one attached hydrogen (secondary N) is 2. The van der Waals surface area contributed by atoms with Gasteiger partial charge in [0.1, 0.15) is 10.7 Å². The van der Waals surface area contributed by atoms with E-state index in [4.69, 9.17) is 0 Å². The van der Waals surface area contributed by atoms with Gasteiger partial charge in [0.15, 0.2) is 0 Å². The van der Waals surface area contributed by atoms with Crippen LogP contribution < -0.4 is 10.6 Å². The van der Waals surface area contributed by atoms with E-state index in [1.54, 1.807) is 7.05 Å². The van der Waals surface area contributed by atoms with Gasteiger partial charge in [-0.3, -0.25) is 4.79 Å². The van der Waals surface area contributed by atoms with Gasteiger partial charge in [0, 0.05) is 17.1 Å². The molecular weight excluding hydrogens is 284 g/mol. The normalized spacial score (nSPS) is 13.0. The number of anilines is 1. The molecule has 0 fully saturated rings. The Morgan fingerprint density at radius 1 is 1.24 bits per heavy atom. The van der Waals surface area contributed by atoms with E-state index in [1.807, 2.05) is 51.1 Å². The van der Waals surface area contributed by atoms with Gasteiger partial charge in [0.2, 0.25) is 5.91 Å². The first kappa shape index (κ1) is 15.6. The zero-order valence-corrected chi connectivity index (χ0v) is 13.5. The zero-order valence-electron chi connectivity index (χ0n) is 12.7. The van der Waals surface area contributed by atoms with Crippen LogP contribution in [0.25, 0.3) is 11.3 Å². The quantitative estimate of drug-likeness (QED) is 0.911. The summed E-state index contributed by atoms with van der Waals surface area (Å²) >= 11 is 1.19. The molecule has 1 unspecified atom stereocenters. The molecule has 5 nitrogen and oxygen atoms in total. The van der Waals surface area contributed by atoms with Crippen molar-refractivity contribution in [2.45, 2.75) is 26.8 Å². The van der Waals surface area contributed by atoms with Crippen molar-refractivity contribution in [2.24, 2.45) is 5.41 Å². The standard InChI is InChI=1S/C15H20N4OS/c1-15(2,3)12(16-4)13(20)17-14-11(18-19-21-14)10-8-6-5-7-9-10/h5-9,12,16H,1-4H3,(H,17,20). The molecule has 0 aliphatic carbocycles. The highest BCUT2D eigenvalue weighted by Crippen LogP contribution is 2.29. The van der Waals surface area contributed by atoms with Crippen molar-refractivity contribution >= 4 is 22.4 Å². The molecule has 2 aromatic rings. The van der Waals surface area contributed by atoms with Crippen LogP contribution in [0.1, 0.15) is 20.8 Å². The Morgan fingerprint density at radius 3 is 2.48 bits per heavy atom. The van der Waals surface area contributed by atoms with Crippen LogP contribution in [0.2, 0.25) is 0 Å². The minimum atomic E-state index is -0.289. The zero-order chi connectivity index (χ0) is 15.5. The monoisotopic (exact) mass is 304 g/mol. The Labute approximate surface area is 128 Å². The second-order valence-corrected chi connectivity index (χ2v) is 6.65. The molecular formula is C15H20N4OS. The van der Waals surface area contributed by atoms with Gasteiger partial charge in [-0.2, -0.15) is 0 Å². The number of hydrogen-bond acceptors (Lipinski definition) is 5. The van der Waals surface area contributed by atoms with Crippen molar-refractivity contribution in [3.05, 3.63) is 30.3 Å². The summed E-state index contributed by atoms with van der Waals surface area (Å²) in [4.78, 5) is 12.4. The summed E-state index contributed by atoms with van der Waals surface area (Å²) in [6, 6.07) is 9.43. The molecule has 6 heteroatoms. The Hall–Kier alpha value is -1.79. The number of hydrogen-bond donors (Lipinski definition) is 2. The smallest absolute Gasteiger partial charge is 0.242 e. The average Bonchev–Trinajstić information content (AvgIpc) is 2.87. The van der Waals surface area contributed by atoms with Crippen molar-refractivity contribution < 1.29 is 4.79 Å². The van der Waals surface area contributed by atoms with Crippen molar-refractivity contribution in [2.75, 3.05) is 12.4 Å². The van der Waals surface area contributed by atoms with Gasteiger partial charge in [0.25, 0.3) is 0 Å². The van der Waals surface area contributed by atoms with Crippen LogP contribution in [-0.4, -0.2) is 28.6 Å². The van der Waals surface area contributed by atoms with Gasteiger partial charge in [-0.25, -0.2) is 0 Å². The van der Waals surface area contributed by atoms with Crippen LogP contribution in [0.4, 0.5) is 5.00 Å². The fraction of sp³-hybridized carbons (Fsp3) is 0.400. The molecule has 112 valence electrons. The van der Waals surface area contributed by atoms with E-state index in [-0.39, 0.29) is 17.4 Å². The predicted molar refractivity (Wildman–Crippen MR) is 86.3 cm³/mol. The molecule has 0 bridgehead atoms. The van der Waals surface area contributed by atoms with Gasteiger partial charge < -0.3 is 10.6 Å². The SMILES string of the molecule is CNC(C(=O)Nc1snnc1-c1ccccc1)C(C)(C)C. The molecule has 0 radical (unpaired) electrons. The van der Waals surface area contributed by atoms with Crippen molar-refractivity contribution in [3.8, 4) is 11.3 Å². The Bertz CT molecular complexity index is 604. The molecule has 0 aliphatic rings. The number of benzene rings is 1. The predicted octanol–water partition coefficient (Wildman–Crippen LogP) is 2.78. The topological polar surface area (TPSA) is 66.9 Å². The molecule has 1 atom stereocenters. The van der Waals surface area contributed by atoms with Crippen LogP contribution in [0.3, 0.4) is 0 Å². The molecule has 2 rings (SSSR count). The second-order valence-electron chi connectivity index (χ2n) is 5.89. The molecule has 0 aliphatic heterocycles. The Kier molecular flexibility index (Phi) is 4.69. The molecule has 1 aromatic heterocycles. The minimum Gasteiger partial charge on any atom is -0.313 e. The summed E-state index contributed by atoms with van der Waals surface area (Å²) in [6.07, 6.45) is 0. The van der Waals surface area contributed by atoms with Gasteiger partial charge in [-0.15, -0.1) is 5.10 Å². The van der Waals surface area contributed by atoms with E-state index >= 15 is 0 Å². The molecule has 21 heavy (non-hydrogen) atoms. The fourth-order valence-electron chi connectivity index (χ4n) is 2.20. The minimum absolute atomic E-state index is 0.0757. The molecule has 0 saturated heterocycles. The fourth-order valence-corrected chi connectivity index (χ4v) is 2.79. The molecule has 1 heterocycles. The van der Waals surface area contributed by atoms with Crippen LogP contribution >= 0.6 is 11.5 Å². The van der Waals surface area contributed by atoms with Crippen LogP contribution in [0.15, 0.2) is 30.3 Å². The van der Waals surface area contributed by atoms with E-state index in [9.17, 15) is 4.79 Å². The maximum Gasteiger partial charge on any atom is 0.242 e. The van der Waals surface area contributed by atoms with E-state index in [1.165, 1.54) is 11.5 Å². The largest absolute Gasteiger partial charge is 0.313 e. The number of carbonyl (C=O) groups is 1. The van der Waals surface area contributed by atoms with Gasteiger partial charge >= 0.3 is 0 Å². The molecule has 2 N–H and O–H groups in total. The van der Waals surface area contributed by atoms with E-state index in [0.29, 0.717) is 10.7 Å². The van der Waals surface area contributed by atoms with Crippen LogP contribution in [0, 0.1) is 5.41 Å². The van der Waals surface area contributed by atoms with Crippen molar-refractivity contribution in [1.82, 2.24) is 14.9 Å². The lowest BCUT2D eigenvalue weighted by Gasteiger charge is -2.28. The Morgan fingerprint density at radius 2 is 1.90 bits per heavy atom. The first-order valence-corrected chi connectivity index (χ1v) is 7.56. The summed E-state index contributed by atoms with van der Waals surface area (Å²) < 4.78 is 3.96. The van der Waals surface area contributed by atoms with Gasteiger partial charge in [-0.05, 0) is 12.5 Å². The third-order valence-electron chi connectivity index (χ3n) is 3.19. The first-order chi connectivity index (χ1) is 9.93. The van der Waals surface area contributed by atoms with Crippen molar-refractivity contribution in [1.29, 1.82) is 0 Å². The molecule has 1 aromatic carbocycles. The maximum atomic E-state index is 12.4. The lowest BCUT2D eigenvalue weighted by atomic mass is 9.86.